The van der Waals surface area contributed by atoms with Crippen LogP contribution in [0.4, 0.5) is 4.79 Å². The van der Waals surface area contributed by atoms with Crippen LogP contribution in [0.25, 0.3) is 10.8 Å². The zero-order valence-electron chi connectivity index (χ0n) is 20.3. The molecule has 198 valence electrons. The summed E-state index contributed by atoms with van der Waals surface area (Å²) in [4.78, 5) is 42.4. The van der Waals surface area contributed by atoms with Gasteiger partial charge in [0.1, 0.15) is 12.1 Å². The van der Waals surface area contributed by atoms with E-state index in [1.807, 2.05) is 0 Å². The normalized spacial score (nSPS) is 25.0. The number of carboxylic acid groups (broad SMARTS) is 1. The molecular formula is C25H29ClN4O6S. The van der Waals surface area contributed by atoms with Gasteiger partial charge >= 0.3 is 6.09 Å². The minimum atomic E-state index is -3.97. The van der Waals surface area contributed by atoms with Gasteiger partial charge in [-0.15, -0.1) is 0 Å². The van der Waals surface area contributed by atoms with Gasteiger partial charge in [-0.25, -0.2) is 13.2 Å². The third-order valence-corrected chi connectivity index (χ3v) is 9.31. The first kappa shape index (κ1) is 25.7. The van der Waals surface area contributed by atoms with E-state index in [2.05, 4.69) is 4.72 Å². The van der Waals surface area contributed by atoms with E-state index in [-0.39, 0.29) is 35.6 Å². The molecule has 0 unspecified atom stereocenters. The molecule has 3 aliphatic rings. The van der Waals surface area contributed by atoms with Crippen LogP contribution >= 0.6 is 11.6 Å². The third-order valence-electron chi connectivity index (χ3n) is 7.61. The minimum Gasteiger partial charge on any atom is -0.465 e. The van der Waals surface area contributed by atoms with Crippen molar-refractivity contribution in [1.82, 2.24) is 19.4 Å². The van der Waals surface area contributed by atoms with Crippen LogP contribution in [0.2, 0.25) is 5.02 Å². The molecule has 0 aromatic heterocycles. The highest BCUT2D eigenvalue weighted by Gasteiger charge is 2.43. The van der Waals surface area contributed by atoms with Crippen LogP contribution in [0.3, 0.4) is 0 Å². The van der Waals surface area contributed by atoms with Gasteiger partial charge < -0.3 is 19.8 Å². The molecule has 2 bridgehead atoms. The number of hydrogen-bond acceptors (Lipinski definition) is 5. The van der Waals surface area contributed by atoms with Gasteiger partial charge in [0.25, 0.3) is 0 Å². The molecule has 3 fully saturated rings. The Morgan fingerprint density at radius 3 is 2.32 bits per heavy atom. The number of amides is 3. The van der Waals surface area contributed by atoms with E-state index in [1.165, 1.54) is 21.9 Å². The van der Waals surface area contributed by atoms with Crippen LogP contribution in [0.15, 0.2) is 41.3 Å². The Morgan fingerprint density at radius 2 is 1.65 bits per heavy atom. The maximum absolute atomic E-state index is 13.3. The predicted molar refractivity (Wildman–Crippen MR) is 137 cm³/mol. The highest BCUT2D eigenvalue weighted by Crippen LogP contribution is 2.30. The number of fused-ring (bicyclic) bond motifs is 3. The summed E-state index contributed by atoms with van der Waals surface area (Å²) in [5, 5.41) is 11.4. The standard InChI is InChI=1S/C25H29ClN4O6S/c1-15(23(31)28-11-16-8-17(12-28)14-29(13-16)25(33)34)30-7-6-22(24(30)32)27-37(35,36)21-5-3-18-9-20(26)4-2-19(18)10-21/h2-5,9-10,15-17,22,27H,6-8,11-14H2,1H3,(H,33,34)/t15-,16-,17+,22-/m0/s1. The summed E-state index contributed by atoms with van der Waals surface area (Å²) < 4.78 is 28.6. The van der Waals surface area contributed by atoms with Crippen molar-refractivity contribution in [2.24, 2.45) is 11.8 Å². The first-order valence-electron chi connectivity index (χ1n) is 12.3. The second-order valence-electron chi connectivity index (χ2n) is 10.2. The number of hydrogen-bond donors (Lipinski definition) is 2. The Kier molecular flexibility index (Phi) is 6.80. The van der Waals surface area contributed by atoms with E-state index in [0.29, 0.717) is 36.6 Å². The Labute approximate surface area is 220 Å². The molecule has 2 N–H and O–H groups in total. The highest BCUT2D eigenvalue weighted by molar-refractivity contribution is 7.89. The molecule has 3 aliphatic heterocycles. The first-order valence-corrected chi connectivity index (χ1v) is 14.2. The monoisotopic (exact) mass is 548 g/mol. The summed E-state index contributed by atoms with van der Waals surface area (Å²) in [6, 6.07) is 8.16. The molecule has 3 saturated heterocycles. The Bertz CT molecular complexity index is 1350. The van der Waals surface area contributed by atoms with Crippen LogP contribution in [0.1, 0.15) is 19.8 Å². The molecule has 0 radical (unpaired) electrons. The molecule has 37 heavy (non-hydrogen) atoms. The van der Waals surface area contributed by atoms with Crippen molar-refractivity contribution >= 4 is 50.3 Å². The van der Waals surface area contributed by atoms with Gasteiger partial charge in [-0.1, -0.05) is 23.7 Å². The number of halogens is 1. The van der Waals surface area contributed by atoms with Gasteiger partial charge in [0.05, 0.1) is 4.90 Å². The lowest BCUT2D eigenvalue weighted by atomic mass is 9.84. The average molecular weight is 549 g/mol. The summed E-state index contributed by atoms with van der Waals surface area (Å²) >= 11 is 6.01. The summed E-state index contributed by atoms with van der Waals surface area (Å²) in [5.41, 5.74) is 0. The number of sulfonamides is 1. The van der Waals surface area contributed by atoms with E-state index in [0.717, 1.165) is 11.8 Å². The molecule has 4 atom stereocenters. The fraction of sp³-hybridized carbons (Fsp3) is 0.480. The summed E-state index contributed by atoms with van der Waals surface area (Å²) in [6.07, 6.45) is 0.209. The summed E-state index contributed by atoms with van der Waals surface area (Å²) in [5.74, 6) is -0.465. The lowest BCUT2D eigenvalue weighted by Gasteiger charge is -2.45. The minimum absolute atomic E-state index is 0.0490. The van der Waals surface area contributed by atoms with Crippen LogP contribution < -0.4 is 4.72 Å². The van der Waals surface area contributed by atoms with Crippen molar-refractivity contribution in [3.8, 4) is 0 Å². The van der Waals surface area contributed by atoms with Crippen molar-refractivity contribution in [2.75, 3.05) is 32.7 Å². The lowest BCUT2D eigenvalue weighted by Crippen LogP contribution is -2.58. The predicted octanol–water partition coefficient (Wildman–Crippen LogP) is 2.22. The number of piperidine rings is 2. The topological polar surface area (TPSA) is 127 Å². The lowest BCUT2D eigenvalue weighted by molar-refractivity contribution is -0.146. The number of carbonyl (C=O) groups is 3. The molecule has 0 saturated carbocycles. The third kappa shape index (κ3) is 5.12. The zero-order chi connectivity index (χ0) is 26.5. The molecule has 0 aliphatic carbocycles. The average Bonchev–Trinajstić information content (AvgIpc) is 3.21. The number of rotatable bonds is 5. The zero-order valence-corrected chi connectivity index (χ0v) is 21.9. The second kappa shape index (κ2) is 9.77. The van der Waals surface area contributed by atoms with Gasteiger partial charge in [0.2, 0.25) is 21.8 Å². The SMILES string of the molecule is C[C@@H](C(=O)N1C[C@@H]2C[C@@H](CN(C(=O)O)C2)C1)N1CC[C@H](NS(=O)(=O)c2ccc3cc(Cl)ccc3c2)C1=O. The number of nitrogens with zero attached hydrogens (tertiary/aromatic N) is 3. The van der Waals surface area contributed by atoms with E-state index >= 15 is 0 Å². The van der Waals surface area contributed by atoms with Crippen molar-refractivity contribution < 1.29 is 27.9 Å². The molecule has 3 amide bonds. The second-order valence-corrected chi connectivity index (χ2v) is 12.4. The molecule has 2 aromatic rings. The Balaban J connectivity index is 1.23. The van der Waals surface area contributed by atoms with Crippen LogP contribution in [-0.2, 0) is 19.6 Å². The Morgan fingerprint density at radius 1 is 1.03 bits per heavy atom. The smallest absolute Gasteiger partial charge is 0.407 e. The van der Waals surface area contributed by atoms with Crippen LogP contribution in [0, 0.1) is 11.8 Å². The van der Waals surface area contributed by atoms with Gasteiger partial charge in [-0.2, -0.15) is 4.72 Å². The van der Waals surface area contributed by atoms with Gasteiger partial charge in [0.15, 0.2) is 0 Å². The molecular weight excluding hydrogens is 520 g/mol. The van der Waals surface area contributed by atoms with Gasteiger partial charge in [0, 0.05) is 37.7 Å². The number of benzene rings is 2. The number of nitrogens with one attached hydrogen (secondary N) is 1. The van der Waals surface area contributed by atoms with E-state index < -0.39 is 34.1 Å². The molecule has 2 aromatic carbocycles. The quantitative estimate of drug-likeness (QED) is 0.590. The number of likely N-dealkylation sites (tertiary alicyclic amines) is 3. The van der Waals surface area contributed by atoms with E-state index in [9.17, 15) is 27.9 Å². The van der Waals surface area contributed by atoms with E-state index in [1.54, 1.807) is 36.1 Å². The highest BCUT2D eigenvalue weighted by atomic mass is 35.5. The largest absolute Gasteiger partial charge is 0.465 e. The van der Waals surface area contributed by atoms with Gasteiger partial charge in [-0.05, 0) is 66.6 Å². The van der Waals surface area contributed by atoms with Crippen molar-refractivity contribution in [2.45, 2.75) is 36.7 Å². The first-order chi connectivity index (χ1) is 17.5. The molecule has 3 heterocycles. The fourth-order valence-electron chi connectivity index (χ4n) is 5.83. The molecule has 12 heteroatoms. The number of carbonyl (C=O) groups excluding carboxylic acids is 2. The summed E-state index contributed by atoms with van der Waals surface area (Å²) in [6.45, 7) is 3.64. The van der Waals surface area contributed by atoms with Crippen molar-refractivity contribution in [3.63, 3.8) is 0 Å². The van der Waals surface area contributed by atoms with Gasteiger partial charge in [-0.3, -0.25) is 9.59 Å². The maximum Gasteiger partial charge on any atom is 0.407 e. The fourth-order valence-corrected chi connectivity index (χ4v) is 7.27. The maximum atomic E-state index is 13.3. The van der Waals surface area contributed by atoms with Crippen molar-refractivity contribution in [3.05, 3.63) is 41.4 Å². The Hall–Kier alpha value is -2.89. The molecule has 5 rings (SSSR count). The van der Waals surface area contributed by atoms with E-state index in [4.69, 9.17) is 11.6 Å². The molecule has 10 nitrogen and oxygen atoms in total. The van der Waals surface area contributed by atoms with Crippen LogP contribution in [0.5, 0.6) is 0 Å². The molecule has 0 spiro atoms. The van der Waals surface area contributed by atoms with Crippen LogP contribution in [-0.4, -0.2) is 90.9 Å². The summed E-state index contributed by atoms with van der Waals surface area (Å²) in [7, 11) is -3.97. The van der Waals surface area contributed by atoms with Crippen molar-refractivity contribution in [1.29, 1.82) is 0 Å².